The molecule has 1 aliphatic rings. The Morgan fingerprint density at radius 1 is 1.27 bits per heavy atom. The van der Waals surface area contributed by atoms with Gasteiger partial charge >= 0.3 is 0 Å². The van der Waals surface area contributed by atoms with Crippen molar-refractivity contribution in [1.29, 1.82) is 0 Å². The number of H-pyrrole nitrogens is 1. The summed E-state index contributed by atoms with van der Waals surface area (Å²) in [4.78, 5) is 9.44. The minimum absolute atomic E-state index is 0. The maximum absolute atomic E-state index is 6.17. The first-order valence-corrected chi connectivity index (χ1v) is 9.07. The zero-order chi connectivity index (χ0) is 17.6. The summed E-state index contributed by atoms with van der Waals surface area (Å²) in [6.07, 6.45) is 1.75. The van der Waals surface area contributed by atoms with Gasteiger partial charge < -0.3 is 15.1 Å². The number of nitrogens with one attached hydrogen (secondary N) is 2. The van der Waals surface area contributed by atoms with Gasteiger partial charge in [-0.1, -0.05) is 17.7 Å². The van der Waals surface area contributed by atoms with Crippen LogP contribution in [0, 0.1) is 6.92 Å². The Kier molecular flexibility index (Phi) is 8.02. The molecule has 0 spiro atoms. The number of rotatable bonds is 4. The number of aromatic nitrogens is 2. The lowest BCUT2D eigenvalue weighted by Crippen LogP contribution is -2.52. The highest BCUT2D eigenvalue weighted by atomic mass is 127. The van der Waals surface area contributed by atoms with E-state index in [0.717, 1.165) is 49.4 Å². The molecule has 0 radical (unpaired) electrons. The second-order valence-corrected chi connectivity index (χ2v) is 6.59. The van der Waals surface area contributed by atoms with Gasteiger partial charge in [-0.15, -0.1) is 24.0 Å². The molecule has 1 aliphatic heterocycles. The molecular formula is C18H26ClIN6. The largest absolute Gasteiger partial charge is 0.368 e. The summed E-state index contributed by atoms with van der Waals surface area (Å²) >= 11 is 6.17. The molecule has 1 aromatic heterocycles. The van der Waals surface area contributed by atoms with Crippen molar-refractivity contribution in [2.75, 3.05) is 37.6 Å². The van der Waals surface area contributed by atoms with Gasteiger partial charge in [-0.2, -0.15) is 5.10 Å². The smallest absolute Gasteiger partial charge is 0.194 e. The summed E-state index contributed by atoms with van der Waals surface area (Å²) in [5.74, 6) is 0.958. The van der Waals surface area contributed by atoms with Crippen LogP contribution in [0.2, 0.25) is 5.02 Å². The molecule has 0 atom stereocenters. The molecule has 2 N–H and O–H groups in total. The van der Waals surface area contributed by atoms with Gasteiger partial charge in [0, 0.05) is 49.6 Å². The number of hydrogen-bond donors (Lipinski definition) is 2. The number of hydrogen-bond acceptors (Lipinski definition) is 3. The Bertz CT molecular complexity index is 710. The van der Waals surface area contributed by atoms with E-state index in [-0.39, 0.29) is 24.0 Å². The quantitative estimate of drug-likeness (QED) is 0.394. The van der Waals surface area contributed by atoms with Crippen LogP contribution < -0.4 is 10.2 Å². The van der Waals surface area contributed by atoms with Gasteiger partial charge in [-0.25, -0.2) is 4.99 Å². The number of aryl methyl sites for hydroxylation is 1. The highest BCUT2D eigenvalue weighted by Gasteiger charge is 2.21. The fraction of sp³-hybridized carbons (Fsp3) is 0.444. The minimum atomic E-state index is 0. The summed E-state index contributed by atoms with van der Waals surface area (Å²) in [6.45, 7) is 9.46. The molecule has 1 aromatic carbocycles. The first-order valence-electron chi connectivity index (χ1n) is 8.70. The van der Waals surface area contributed by atoms with E-state index in [1.165, 1.54) is 11.3 Å². The van der Waals surface area contributed by atoms with Crippen molar-refractivity contribution >= 4 is 47.2 Å². The number of benzene rings is 1. The van der Waals surface area contributed by atoms with Crippen LogP contribution >= 0.6 is 35.6 Å². The van der Waals surface area contributed by atoms with Crippen LogP contribution in [0.4, 0.5) is 5.69 Å². The summed E-state index contributed by atoms with van der Waals surface area (Å²) in [5, 5.41) is 11.1. The van der Waals surface area contributed by atoms with Crippen molar-refractivity contribution in [1.82, 2.24) is 20.4 Å². The van der Waals surface area contributed by atoms with Crippen LogP contribution in [0.5, 0.6) is 0 Å². The second kappa shape index (κ2) is 10.0. The molecule has 6 nitrogen and oxygen atoms in total. The molecule has 0 saturated carbocycles. The van der Waals surface area contributed by atoms with Gasteiger partial charge in [0.25, 0.3) is 0 Å². The molecule has 2 aromatic rings. The molecule has 142 valence electrons. The highest BCUT2D eigenvalue weighted by molar-refractivity contribution is 14.0. The van der Waals surface area contributed by atoms with E-state index in [1.54, 1.807) is 6.20 Å². The number of nitrogens with zero attached hydrogens (tertiary/aromatic N) is 4. The van der Waals surface area contributed by atoms with Gasteiger partial charge in [0.05, 0.1) is 12.2 Å². The van der Waals surface area contributed by atoms with Crippen LogP contribution in [0.25, 0.3) is 0 Å². The van der Waals surface area contributed by atoms with Crippen molar-refractivity contribution < 1.29 is 0 Å². The molecule has 0 bridgehead atoms. The van der Waals surface area contributed by atoms with Crippen molar-refractivity contribution in [3.05, 3.63) is 46.7 Å². The molecule has 26 heavy (non-hydrogen) atoms. The summed E-state index contributed by atoms with van der Waals surface area (Å²) in [7, 11) is 0. The van der Waals surface area contributed by atoms with E-state index in [1.807, 2.05) is 12.1 Å². The predicted octanol–water partition coefficient (Wildman–Crippen LogP) is 3.28. The van der Waals surface area contributed by atoms with E-state index >= 15 is 0 Å². The number of aliphatic imine (C=N–C) groups is 1. The molecule has 2 heterocycles. The fourth-order valence-electron chi connectivity index (χ4n) is 3.04. The molecule has 0 unspecified atom stereocenters. The standard InChI is InChI=1S/C18H25ClN6.HI/c1-3-20-18(21-13-16-6-7-22-23-16)25-10-8-24(9-11-25)17-12-15(19)5-4-14(17)2;/h4-7,12H,3,8-11,13H2,1-2H3,(H,20,21)(H,22,23);1H. The number of aromatic amines is 1. The van der Waals surface area contributed by atoms with E-state index in [0.29, 0.717) is 6.54 Å². The number of piperazine rings is 1. The summed E-state index contributed by atoms with van der Waals surface area (Å²) in [5.41, 5.74) is 3.51. The third-order valence-corrected chi connectivity index (χ3v) is 4.62. The van der Waals surface area contributed by atoms with Crippen LogP contribution in [-0.4, -0.2) is 53.8 Å². The molecule has 0 amide bonds. The molecule has 1 fully saturated rings. The van der Waals surface area contributed by atoms with E-state index < -0.39 is 0 Å². The zero-order valence-corrected chi connectivity index (χ0v) is 18.3. The van der Waals surface area contributed by atoms with E-state index in [9.17, 15) is 0 Å². The average molecular weight is 489 g/mol. The molecule has 3 rings (SSSR count). The number of guanidine groups is 1. The Morgan fingerprint density at radius 2 is 2.04 bits per heavy atom. The molecule has 0 aliphatic carbocycles. The third-order valence-electron chi connectivity index (χ3n) is 4.38. The third kappa shape index (κ3) is 5.26. The number of halogens is 2. The van der Waals surface area contributed by atoms with Crippen molar-refractivity contribution in [3.63, 3.8) is 0 Å². The Morgan fingerprint density at radius 3 is 2.69 bits per heavy atom. The first kappa shape index (κ1) is 20.8. The normalized spacial score (nSPS) is 15.0. The Hall–Kier alpha value is -1.48. The van der Waals surface area contributed by atoms with Gasteiger partial charge in [0.1, 0.15) is 0 Å². The predicted molar refractivity (Wildman–Crippen MR) is 119 cm³/mol. The maximum atomic E-state index is 6.17. The van der Waals surface area contributed by atoms with E-state index in [4.69, 9.17) is 16.6 Å². The monoisotopic (exact) mass is 488 g/mol. The average Bonchev–Trinajstić information content (AvgIpc) is 3.14. The minimum Gasteiger partial charge on any atom is -0.368 e. The van der Waals surface area contributed by atoms with Crippen molar-refractivity contribution in [2.45, 2.75) is 20.4 Å². The highest BCUT2D eigenvalue weighted by Crippen LogP contribution is 2.25. The van der Waals surface area contributed by atoms with Crippen LogP contribution in [-0.2, 0) is 6.54 Å². The van der Waals surface area contributed by atoms with Crippen LogP contribution in [0.1, 0.15) is 18.2 Å². The molecular weight excluding hydrogens is 463 g/mol. The molecule has 1 saturated heterocycles. The Balaban J connectivity index is 0.00000243. The van der Waals surface area contributed by atoms with Crippen LogP contribution in [0.3, 0.4) is 0 Å². The lowest BCUT2D eigenvalue weighted by molar-refractivity contribution is 0.372. The van der Waals surface area contributed by atoms with E-state index in [2.05, 4.69) is 51.3 Å². The van der Waals surface area contributed by atoms with Gasteiger partial charge in [0.15, 0.2) is 5.96 Å². The Labute approximate surface area is 177 Å². The van der Waals surface area contributed by atoms with Crippen LogP contribution in [0.15, 0.2) is 35.5 Å². The van der Waals surface area contributed by atoms with Gasteiger partial charge in [-0.3, -0.25) is 5.10 Å². The van der Waals surface area contributed by atoms with Gasteiger partial charge in [0.2, 0.25) is 0 Å². The maximum Gasteiger partial charge on any atom is 0.194 e. The number of anilines is 1. The lowest BCUT2D eigenvalue weighted by Gasteiger charge is -2.38. The first-order chi connectivity index (χ1) is 12.2. The fourth-order valence-corrected chi connectivity index (χ4v) is 3.21. The topological polar surface area (TPSA) is 59.6 Å². The SMILES string of the molecule is CCNC(=NCc1ccn[nH]1)N1CCN(c2cc(Cl)ccc2C)CC1.I. The van der Waals surface area contributed by atoms with Gasteiger partial charge in [-0.05, 0) is 37.6 Å². The zero-order valence-electron chi connectivity index (χ0n) is 15.2. The van der Waals surface area contributed by atoms with Crippen molar-refractivity contribution in [3.8, 4) is 0 Å². The van der Waals surface area contributed by atoms with Crippen molar-refractivity contribution in [2.24, 2.45) is 4.99 Å². The molecule has 8 heteroatoms. The lowest BCUT2D eigenvalue weighted by atomic mass is 10.1. The summed E-state index contributed by atoms with van der Waals surface area (Å²) in [6, 6.07) is 8.04. The summed E-state index contributed by atoms with van der Waals surface area (Å²) < 4.78 is 0. The second-order valence-electron chi connectivity index (χ2n) is 6.16.